The summed E-state index contributed by atoms with van der Waals surface area (Å²) in [4.78, 5) is 1.96. The molecule has 4 rings (SSSR count). The molecule has 0 aliphatic carbocycles. The van der Waals surface area contributed by atoms with E-state index in [1.807, 2.05) is 46.0 Å². The summed E-state index contributed by atoms with van der Waals surface area (Å²) < 4.78 is 2.99. The lowest BCUT2D eigenvalue weighted by Gasteiger charge is -2.39. The summed E-state index contributed by atoms with van der Waals surface area (Å²) in [6.07, 6.45) is -0.743. The van der Waals surface area contributed by atoms with Crippen LogP contribution in [0.15, 0.2) is 41.0 Å². The van der Waals surface area contributed by atoms with Crippen LogP contribution in [0.4, 0.5) is 5.69 Å². The number of aliphatic hydroxyl groups is 3. The van der Waals surface area contributed by atoms with E-state index in [0.717, 1.165) is 21.5 Å². The topological polar surface area (TPSA) is 68.9 Å². The Morgan fingerprint density at radius 3 is 2.64 bits per heavy atom. The molecule has 116 valence electrons. The number of benzene rings is 1. The molecule has 1 aromatic carbocycles. The Labute approximate surface area is 136 Å². The van der Waals surface area contributed by atoms with Gasteiger partial charge in [0.2, 0.25) is 0 Å². The Morgan fingerprint density at radius 2 is 1.91 bits per heavy atom. The molecule has 1 saturated heterocycles. The minimum Gasteiger partial charge on any atom is -0.391 e. The van der Waals surface area contributed by atoms with Gasteiger partial charge >= 0.3 is 0 Å². The predicted octanol–water partition coefficient (Wildman–Crippen LogP) is 1.59. The van der Waals surface area contributed by atoms with Crippen LogP contribution in [0.5, 0.6) is 0 Å². The zero-order valence-corrected chi connectivity index (χ0v) is 13.6. The highest BCUT2D eigenvalue weighted by atomic mass is 79.9. The van der Waals surface area contributed by atoms with Crippen LogP contribution < -0.4 is 4.90 Å². The van der Waals surface area contributed by atoms with Gasteiger partial charge in [-0.15, -0.1) is 0 Å². The van der Waals surface area contributed by atoms with Crippen LogP contribution in [0.1, 0.15) is 18.7 Å². The van der Waals surface area contributed by atoms with Gasteiger partial charge in [0.25, 0.3) is 0 Å². The molecule has 1 fully saturated rings. The van der Waals surface area contributed by atoms with Gasteiger partial charge in [-0.2, -0.15) is 0 Å². The molecule has 3 N–H and O–H groups in total. The molecule has 2 aliphatic heterocycles. The van der Waals surface area contributed by atoms with Crippen molar-refractivity contribution in [3.05, 3.63) is 46.7 Å². The Hall–Kier alpha value is -1.34. The molecule has 0 spiro atoms. The van der Waals surface area contributed by atoms with Crippen molar-refractivity contribution in [3.63, 3.8) is 0 Å². The smallest absolute Gasteiger partial charge is 0.108 e. The zero-order chi connectivity index (χ0) is 15.6. The maximum atomic E-state index is 10.5. The number of fused-ring (bicyclic) bond motifs is 6. The summed E-state index contributed by atoms with van der Waals surface area (Å²) in [6, 6.07) is 8.86. The standard InChI is InChI=1S/C16H17BrN2O3/c1-8(20)13-15(21)16(22)14-11-3-2-6-18(11)12-7-9(17)4-5-10(12)19(13)14/h2-8,13-16,20-22H,1H3/t8-,13?,14-,15+,16-/m0/s1. The van der Waals surface area contributed by atoms with Crippen molar-refractivity contribution >= 4 is 21.6 Å². The monoisotopic (exact) mass is 364 g/mol. The van der Waals surface area contributed by atoms with Crippen molar-refractivity contribution in [1.82, 2.24) is 4.57 Å². The van der Waals surface area contributed by atoms with Crippen LogP contribution in [0.3, 0.4) is 0 Å². The Bertz CT molecular complexity index is 730. The van der Waals surface area contributed by atoms with E-state index in [2.05, 4.69) is 15.9 Å². The molecule has 1 aromatic heterocycles. The number of rotatable bonds is 1. The number of hydrogen-bond acceptors (Lipinski definition) is 4. The Morgan fingerprint density at radius 1 is 1.14 bits per heavy atom. The average molecular weight is 365 g/mol. The van der Waals surface area contributed by atoms with Crippen molar-refractivity contribution in [2.24, 2.45) is 0 Å². The summed E-state index contributed by atoms with van der Waals surface area (Å²) in [6.45, 7) is 1.65. The third kappa shape index (κ3) is 1.75. The van der Waals surface area contributed by atoms with Crippen LogP contribution in [0.25, 0.3) is 5.69 Å². The molecule has 5 atom stereocenters. The number of aromatic nitrogens is 1. The largest absolute Gasteiger partial charge is 0.391 e. The van der Waals surface area contributed by atoms with Crippen molar-refractivity contribution in [3.8, 4) is 5.69 Å². The normalized spacial score (nSPS) is 30.7. The first-order valence-corrected chi connectivity index (χ1v) is 8.09. The molecule has 0 saturated carbocycles. The van der Waals surface area contributed by atoms with Gasteiger partial charge in [-0.05, 0) is 37.3 Å². The van der Waals surface area contributed by atoms with E-state index in [0.29, 0.717) is 0 Å². The molecule has 5 nitrogen and oxygen atoms in total. The molecule has 22 heavy (non-hydrogen) atoms. The number of hydrogen-bond donors (Lipinski definition) is 3. The SMILES string of the molecule is C[C@H](O)C1[C@@H](O)[C@@H](O)[C@@H]2c3cccn3-c3cc(Br)ccc3N12. The fraction of sp³-hybridized carbons (Fsp3) is 0.375. The van der Waals surface area contributed by atoms with Crippen molar-refractivity contribution in [1.29, 1.82) is 0 Å². The van der Waals surface area contributed by atoms with Crippen molar-refractivity contribution in [2.45, 2.75) is 37.3 Å². The number of nitrogens with zero attached hydrogens (tertiary/aromatic N) is 2. The van der Waals surface area contributed by atoms with Crippen molar-refractivity contribution < 1.29 is 15.3 Å². The summed E-state index contributed by atoms with van der Waals surface area (Å²) in [7, 11) is 0. The predicted molar refractivity (Wildman–Crippen MR) is 86.2 cm³/mol. The van der Waals surface area contributed by atoms with Gasteiger partial charge < -0.3 is 24.8 Å². The second-order valence-electron chi connectivity index (χ2n) is 6.00. The lowest BCUT2D eigenvalue weighted by Crippen LogP contribution is -2.45. The minimum atomic E-state index is -0.997. The minimum absolute atomic E-state index is 0.363. The van der Waals surface area contributed by atoms with Gasteiger partial charge in [0, 0.05) is 16.4 Å². The fourth-order valence-corrected chi connectivity index (χ4v) is 4.16. The van der Waals surface area contributed by atoms with Crippen LogP contribution in [0.2, 0.25) is 0 Å². The first kappa shape index (κ1) is 14.3. The zero-order valence-electron chi connectivity index (χ0n) is 12.0. The van der Waals surface area contributed by atoms with E-state index >= 15 is 0 Å². The first-order valence-electron chi connectivity index (χ1n) is 7.30. The van der Waals surface area contributed by atoms with E-state index < -0.39 is 24.4 Å². The third-order valence-electron chi connectivity index (χ3n) is 4.70. The molecule has 0 radical (unpaired) electrons. The van der Waals surface area contributed by atoms with Crippen LogP contribution in [0, 0.1) is 0 Å². The van der Waals surface area contributed by atoms with Gasteiger partial charge in [0.05, 0.1) is 29.6 Å². The Balaban J connectivity index is 1.98. The second kappa shape index (κ2) is 4.83. The van der Waals surface area contributed by atoms with Crippen LogP contribution in [-0.2, 0) is 0 Å². The van der Waals surface area contributed by atoms with E-state index in [1.165, 1.54) is 0 Å². The third-order valence-corrected chi connectivity index (χ3v) is 5.19. The highest BCUT2D eigenvalue weighted by Gasteiger charge is 2.53. The molecule has 2 aromatic rings. The maximum Gasteiger partial charge on any atom is 0.108 e. The molecule has 0 amide bonds. The van der Waals surface area contributed by atoms with Gasteiger partial charge in [0.1, 0.15) is 12.2 Å². The number of halogens is 1. The quantitative estimate of drug-likeness (QED) is 0.718. The van der Waals surface area contributed by atoms with Gasteiger partial charge in [-0.25, -0.2) is 0 Å². The molecular weight excluding hydrogens is 348 g/mol. The molecule has 6 heteroatoms. The van der Waals surface area contributed by atoms with Gasteiger partial charge in [-0.3, -0.25) is 0 Å². The van der Waals surface area contributed by atoms with Gasteiger partial charge in [0.15, 0.2) is 0 Å². The van der Waals surface area contributed by atoms with Crippen molar-refractivity contribution in [2.75, 3.05) is 4.90 Å². The fourth-order valence-electron chi connectivity index (χ4n) is 3.81. The van der Waals surface area contributed by atoms with E-state index in [1.54, 1.807) is 6.92 Å². The highest BCUT2D eigenvalue weighted by Crippen LogP contribution is 2.48. The second-order valence-corrected chi connectivity index (χ2v) is 6.92. The maximum absolute atomic E-state index is 10.5. The van der Waals surface area contributed by atoms with Crippen LogP contribution in [-0.4, -0.2) is 44.2 Å². The molecule has 3 heterocycles. The lowest BCUT2D eigenvalue weighted by molar-refractivity contribution is 0.00546. The molecular formula is C16H17BrN2O3. The van der Waals surface area contributed by atoms with E-state index in [9.17, 15) is 15.3 Å². The summed E-state index contributed by atoms with van der Waals surface area (Å²) >= 11 is 3.49. The first-order chi connectivity index (χ1) is 10.5. The molecule has 0 bridgehead atoms. The lowest BCUT2D eigenvalue weighted by atomic mass is 10.0. The number of anilines is 1. The summed E-state index contributed by atoms with van der Waals surface area (Å²) in [5, 5.41) is 31.1. The van der Waals surface area contributed by atoms with Crippen LogP contribution >= 0.6 is 15.9 Å². The molecule has 1 unspecified atom stereocenters. The summed E-state index contributed by atoms with van der Waals surface area (Å²) in [5.41, 5.74) is 2.79. The highest BCUT2D eigenvalue weighted by molar-refractivity contribution is 9.10. The molecule has 2 aliphatic rings. The Kier molecular flexibility index (Phi) is 3.13. The number of aliphatic hydroxyl groups excluding tert-OH is 3. The van der Waals surface area contributed by atoms with E-state index in [4.69, 9.17) is 0 Å². The summed E-state index contributed by atoms with van der Waals surface area (Å²) in [5.74, 6) is 0. The van der Waals surface area contributed by atoms with Gasteiger partial charge in [-0.1, -0.05) is 15.9 Å². The van der Waals surface area contributed by atoms with E-state index in [-0.39, 0.29) is 6.04 Å². The average Bonchev–Trinajstić information content (AvgIpc) is 3.03.